The topological polar surface area (TPSA) is 229 Å². The lowest BCUT2D eigenvalue weighted by Gasteiger charge is -2.66. The van der Waals surface area contributed by atoms with E-state index in [1.54, 1.807) is 13.8 Å². The Bertz CT molecular complexity index is 1310. The predicted octanol–water partition coefficient (Wildman–Crippen LogP) is 0.345. The van der Waals surface area contributed by atoms with Crippen molar-refractivity contribution in [2.75, 3.05) is 6.61 Å². The molecule has 11 atom stereocenters. The number of hydrogen-bond acceptors (Lipinski definition) is 12. The minimum absolute atomic E-state index is 0.0194. The maximum absolute atomic E-state index is 14.3. The molecule has 4 aliphatic carbocycles. The summed E-state index contributed by atoms with van der Waals surface area (Å²) in [6.07, 6.45) is -7.54. The summed E-state index contributed by atoms with van der Waals surface area (Å²) in [5.74, 6) is -4.68. The first-order valence-corrected chi connectivity index (χ1v) is 16.1. The Hall–Kier alpha value is -2.62. The standard InChI is InChI=1S/C32H47NO13/c1-14-17(46-27(39)23(37)21(33-28(40)41)16-9-7-6-8-10-16)12-32(43)26(45-15(2)34)24-30(5,18(35)11-19-31(24,42)13-44-19)25(38)22(36)20(14)29(32,3)4/h16-19,21-24,26,33,35-37,42-43H,6-13H2,1-5H3,(H,40,41)/t17?,18-,19+,21-,22+,23+,24-,26-,30+,31-,32+/m0/s1. The van der Waals surface area contributed by atoms with E-state index in [2.05, 4.69) is 5.32 Å². The highest BCUT2D eigenvalue weighted by molar-refractivity contribution is 5.93. The minimum Gasteiger partial charge on any atom is -0.465 e. The van der Waals surface area contributed by atoms with Crippen molar-refractivity contribution in [1.29, 1.82) is 0 Å². The Kier molecular flexibility index (Phi) is 8.91. The molecule has 0 spiro atoms. The molecule has 0 aromatic carbocycles. The maximum atomic E-state index is 14.3. The van der Waals surface area contributed by atoms with Gasteiger partial charge in [-0.05, 0) is 43.8 Å². The molecular formula is C32H47NO13. The monoisotopic (exact) mass is 653 g/mol. The number of esters is 2. The van der Waals surface area contributed by atoms with Gasteiger partial charge in [-0.15, -0.1) is 0 Å². The van der Waals surface area contributed by atoms with Gasteiger partial charge in [0.15, 0.2) is 11.9 Å². The molecule has 5 aliphatic rings. The zero-order valence-electron chi connectivity index (χ0n) is 26.9. The Morgan fingerprint density at radius 1 is 1.04 bits per heavy atom. The van der Waals surface area contributed by atoms with Gasteiger partial charge in [0.25, 0.3) is 0 Å². The first-order chi connectivity index (χ1) is 21.3. The Morgan fingerprint density at radius 2 is 1.67 bits per heavy atom. The van der Waals surface area contributed by atoms with Gasteiger partial charge < -0.3 is 50.2 Å². The van der Waals surface area contributed by atoms with Gasteiger partial charge in [-0.3, -0.25) is 9.59 Å². The molecule has 1 unspecified atom stereocenters. The number of Topliss-reactive ketones (excluding diaryl/α,β-unsaturated/α-hetero) is 1. The second-order valence-electron chi connectivity index (χ2n) is 14.7. The summed E-state index contributed by atoms with van der Waals surface area (Å²) >= 11 is 0. The molecule has 5 rings (SSSR count). The van der Waals surface area contributed by atoms with Gasteiger partial charge in [0.05, 0.1) is 30.3 Å². The van der Waals surface area contributed by atoms with E-state index in [1.807, 2.05) is 0 Å². The molecule has 7 N–H and O–H groups in total. The molecule has 1 saturated heterocycles. The fraction of sp³-hybridized carbons (Fsp3) is 0.812. The van der Waals surface area contributed by atoms with E-state index >= 15 is 0 Å². The summed E-state index contributed by atoms with van der Waals surface area (Å²) in [7, 11) is 0. The lowest BCUT2D eigenvalue weighted by Crippen LogP contribution is -2.81. The maximum Gasteiger partial charge on any atom is 0.404 e. The Morgan fingerprint density at radius 3 is 2.22 bits per heavy atom. The number of carbonyl (C=O) groups is 4. The van der Waals surface area contributed by atoms with Crippen molar-refractivity contribution in [1.82, 2.24) is 5.32 Å². The summed E-state index contributed by atoms with van der Waals surface area (Å²) in [4.78, 5) is 52.1. The quantitative estimate of drug-likeness (QED) is 0.152. The third-order valence-corrected chi connectivity index (χ3v) is 12.0. The molecule has 1 amide bonds. The number of carbonyl (C=O) groups excluding carboxylic acids is 3. The number of hydrogen-bond donors (Lipinski definition) is 7. The van der Waals surface area contributed by atoms with Gasteiger partial charge in [0, 0.05) is 31.1 Å². The van der Waals surface area contributed by atoms with E-state index in [1.165, 1.54) is 13.8 Å². The highest BCUT2D eigenvalue weighted by atomic mass is 16.6. The molecular weight excluding hydrogens is 606 g/mol. The molecule has 2 bridgehead atoms. The van der Waals surface area contributed by atoms with Crippen LogP contribution >= 0.6 is 0 Å². The Labute approximate surface area is 267 Å². The molecule has 1 aliphatic heterocycles. The van der Waals surface area contributed by atoms with Crippen LogP contribution in [0.25, 0.3) is 0 Å². The molecule has 0 aromatic heterocycles. The van der Waals surface area contributed by atoms with Crippen molar-refractivity contribution in [2.45, 2.75) is 133 Å². The van der Waals surface area contributed by atoms with Crippen LogP contribution in [0, 0.1) is 22.7 Å². The van der Waals surface area contributed by atoms with Crippen LogP contribution in [0.3, 0.4) is 0 Å². The van der Waals surface area contributed by atoms with Gasteiger partial charge in [-0.2, -0.15) is 0 Å². The highest BCUT2D eigenvalue weighted by Gasteiger charge is 2.76. The summed E-state index contributed by atoms with van der Waals surface area (Å²) in [6, 6.07) is -1.16. The number of fused-ring (bicyclic) bond motifs is 5. The SMILES string of the molecule is CC(=O)O[C@H]1[C@@H]2[C@]3(O)CO[C@@H]3C[C@H](O)[C@@]2(C)C(=O)[C@H](O)C2=C(C)C(OC(=O)[C@H](O)[C@@H](NC(=O)O)C3CCCCC3)C[C@]1(O)C2(C)C. The lowest BCUT2D eigenvalue weighted by atomic mass is 9.45. The van der Waals surface area contributed by atoms with Crippen molar-refractivity contribution < 1.29 is 64.0 Å². The van der Waals surface area contributed by atoms with E-state index in [9.17, 15) is 49.8 Å². The van der Waals surface area contributed by atoms with Gasteiger partial charge >= 0.3 is 18.0 Å². The summed E-state index contributed by atoms with van der Waals surface area (Å²) in [6.45, 7) is 6.78. The average molecular weight is 654 g/mol. The number of nitrogens with one attached hydrogen (secondary N) is 1. The molecule has 14 heteroatoms. The smallest absolute Gasteiger partial charge is 0.404 e. The van der Waals surface area contributed by atoms with Crippen LogP contribution < -0.4 is 5.32 Å². The van der Waals surface area contributed by atoms with Crippen LogP contribution in [0.2, 0.25) is 0 Å². The van der Waals surface area contributed by atoms with Crippen LogP contribution in [0.15, 0.2) is 11.1 Å². The third-order valence-electron chi connectivity index (χ3n) is 12.0. The Balaban J connectivity index is 1.60. The first kappa shape index (κ1) is 34.7. The fourth-order valence-electron chi connectivity index (χ4n) is 9.24. The second kappa shape index (κ2) is 11.8. The number of aliphatic hydroxyl groups is 5. The minimum atomic E-state index is -2.22. The number of aliphatic hydroxyl groups excluding tert-OH is 3. The van der Waals surface area contributed by atoms with Crippen molar-refractivity contribution in [3.05, 3.63) is 11.1 Å². The predicted molar refractivity (Wildman–Crippen MR) is 157 cm³/mol. The third kappa shape index (κ3) is 5.07. The van der Waals surface area contributed by atoms with Crippen LogP contribution in [-0.4, -0.2) is 115 Å². The van der Waals surface area contributed by atoms with Crippen molar-refractivity contribution in [3.8, 4) is 0 Å². The number of rotatable bonds is 6. The van der Waals surface area contributed by atoms with Crippen LogP contribution in [-0.2, 0) is 28.6 Å². The zero-order valence-corrected chi connectivity index (χ0v) is 26.9. The van der Waals surface area contributed by atoms with Gasteiger partial charge in [0.2, 0.25) is 0 Å². The van der Waals surface area contributed by atoms with Crippen molar-refractivity contribution in [3.63, 3.8) is 0 Å². The van der Waals surface area contributed by atoms with Gasteiger partial charge in [-0.1, -0.05) is 33.1 Å². The molecule has 0 radical (unpaired) electrons. The molecule has 258 valence electrons. The summed E-state index contributed by atoms with van der Waals surface area (Å²) in [5.41, 5.74) is -7.29. The first-order valence-electron chi connectivity index (χ1n) is 16.1. The fourth-order valence-corrected chi connectivity index (χ4v) is 9.24. The largest absolute Gasteiger partial charge is 0.465 e. The zero-order chi connectivity index (χ0) is 34.1. The van der Waals surface area contributed by atoms with E-state index < -0.39 is 101 Å². The number of ketones is 1. The van der Waals surface area contributed by atoms with E-state index in [-0.39, 0.29) is 30.1 Å². The normalized spacial score (nSPS) is 41.8. The lowest BCUT2D eigenvalue weighted by molar-refractivity contribution is -0.345. The molecule has 3 saturated carbocycles. The van der Waals surface area contributed by atoms with Gasteiger partial charge in [0.1, 0.15) is 29.5 Å². The van der Waals surface area contributed by atoms with Crippen molar-refractivity contribution >= 4 is 23.8 Å². The van der Waals surface area contributed by atoms with Crippen LogP contribution in [0.5, 0.6) is 0 Å². The van der Waals surface area contributed by atoms with E-state index in [0.29, 0.717) is 12.8 Å². The number of amides is 1. The van der Waals surface area contributed by atoms with Crippen molar-refractivity contribution in [2.24, 2.45) is 22.7 Å². The highest BCUT2D eigenvalue weighted by Crippen LogP contribution is 2.63. The average Bonchev–Trinajstić information content (AvgIpc) is 2.98. The van der Waals surface area contributed by atoms with Crippen LogP contribution in [0.1, 0.15) is 79.6 Å². The van der Waals surface area contributed by atoms with E-state index in [4.69, 9.17) is 14.2 Å². The number of ether oxygens (including phenoxy) is 3. The van der Waals surface area contributed by atoms with Crippen LogP contribution in [0.4, 0.5) is 4.79 Å². The summed E-state index contributed by atoms with van der Waals surface area (Å²) in [5, 5.41) is 70.7. The molecule has 46 heavy (non-hydrogen) atoms. The second-order valence-corrected chi connectivity index (χ2v) is 14.7. The molecule has 4 fully saturated rings. The number of carboxylic acid groups (broad SMARTS) is 1. The molecule has 0 aromatic rings. The summed E-state index contributed by atoms with van der Waals surface area (Å²) < 4.78 is 17.1. The van der Waals surface area contributed by atoms with Gasteiger partial charge in [-0.25, -0.2) is 9.59 Å². The molecule has 1 heterocycles. The molecule has 14 nitrogen and oxygen atoms in total. The van der Waals surface area contributed by atoms with E-state index in [0.717, 1.165) is 26.2 Å².